The van der Waals surface area contributed by atoms with Gasteiger partial charge in [-0.15, -0.1) is 0 Å². The molecule has 2 heterocycles. The molecule has 5 heteroatoms. The first-order chi connectivity index (χ1) is 10.8. The van der Waals surface area contributed by atoms with E-state index in [1.807, 2.05) is 54.6 Å². The van der Waals surface area contributed by atoms with Crippen molar-refractivity contribution in [3.05, 3.63) is 66.6 Å². The van der Waals surface area contributed by atoms with Gasteiger partial charge in [-0.25, -0.2) is 9.97 Å². The number of carbonyl (C=O) groups is 1. The largest absolute Gasteiger partial charge is 0.339 e. The van der Waals surface area contributed by atoms with E-state index in [1.165, 1.54) is 6.33 Å². The number of nitrogens with one attached hydrogen (secondary N) is 2. The second-order valence-electron chi connectivity index (χ2n) is 4.94. The van der Waals surface area contributed by atoms with Crippen LogP contribution in [-0.4, -0.2) is 20.9 Å². The number of H-pyrrole nitrogens is 1. The topological polar surface area (TPSA) is 70.7 Å². The maximum atomic E-state index is 12.6. The maximum absolute atomic E-state index is 12.6. The van der Waals surface area contributed by atoms with Crippen molar-refractivity contribution in [2.75, 3.05) is 5.32 Å². The molecule has 0 atom stereocenters. The van der Waals surface area contributed by atoms with E-state index < -0.39 is 0 Å². The van der Waals surface area contributed by atoms with Gasteiger partial charge in [0.2, 0.25) is 0 Å². The number of nitrogens with zero attached hydrogens (tertiary/aromatic N) is 2. The predicted molar refractivity (Wildman–Crippen MR) is 85.8 cm³/mol. The van der Waals surface area contributed by atoms with E-state index in [-0.39, 0.29) is 5.91 Å². The minimum Gasteiger partial charge on any atom is -0.339 e. The van der Waals surface area contributed by atoms with Crippen molar-refractivity contribution < 1.29 is 4.79 Å². The van der Waals surface area contributed by atoms with E-state index in [9.17, 15) is 4.79 Å². The molecule has 0 bridgehead atoms. The third kappa shape index (κ3) is 2.00. The molecule has 0 radical (unpaired) electrons. The number of carbonyl (C=O) groups excluding carboxylic acids is 1. The molecule has 0 saturated heterocycles. The van der Waals surface area contributed by atoms with E-state index in [4.69, 9.17) is 0 Å². The highest BCUT2D eigenvalue weighted by molar-refractivity contribution is 6.18. The Morgan fingerprint density at radius 3 is 2.59 bits per heavy atom. The highest BCUT2D eigenvalue weighted by atomic mass is 16.1. The number of hydrogen-bond acceptors (Lipinski definition) is 3. The number of para-hydroxylation sites is 2. The summed E-state index contributed by atoms with van der Waals surface area (Å²) in [7, 11) is 0. The zero-order valence-electron chi connectivity index (χ0n) is 11.6. The third-order valence-electron chi connectivity index (χ3n) is 3.54. The van der Waals surface area contributed by atoms with Crippen LogP contribution in [0.15, 0.2) is 60.9 Å². The monoisotopic (exact) mass is 288 g/mol. The molecule has 0 saturated carbocycles. The summed E-state index contributed by atoms with van der Waals surface area (Å²) in [5, 5.41) is 4.54. The van der Waals surface area contributed by atoms with Crippen LogP contribution in [0.2, 0.25) is 0 Å². The lowest BCUT2D eigenvalue weighted by molar-refractivity contribution is 0.102. The minimum absolute atomic E-state index is 0.247. The van der Waals surface area contributed by atoms with Gasteiger partial charge in [0.15, 0.2) is 0 Å². The molecule has 0 aliphatic heterocycles. The summed E-state index contributed by atoms with van der Waals surface area (Å²) >= 11 is 0. The van der Waals surface area contributed by atoms with Gasteiger partial charge in [0, 0.05) is 16.6 Å². The lowest BCUT2D eigenvalue weighted by atomic mass is 10.1. The first-order valence-corrected chi connectivity index (χ1v) is 6.91. The fraction of sp³-hybridized carbons (Fsp3) is 0. The van der Waals surface area contributed by atoms with Crippen molar-refractivity contribution in [2.24, 2.45) is 0 Å². The molecule has 0 spiro atoms. The predicted octanol–water partition coefficient (Wildman–Crippen LogP) is 3.36. The first kappa shape index (κ1) is 12.5. The standard InChI is InChI=1S/C17H12N4O/c22-17(20-11-6-2-1-3-7-11)15-14-12-8-4-5-9-13(12)21-16(14)19-10-18-15/h1-10H,(H,20,22)(H,18,19,21). The van der Waals surface area contributed by atoms with Gasteiger partial charge < -0.3 is 10.3 Å². The van der Waals surface area contributed by atoms with Gasteiger partial charge in [-0.2, -0.15) is 0 Å². The maximum Gasteiger partial charge on any atom is 0.275 e. The molecule has 1 amide bonds. The Kier molecular flexibility index (Phi) is 2.83. The normalized spacial score (nSPS) is 10.9. The number of aromatic nitrogens is 3. The number of anilines is 1. The van der Waals surface area contributed by atoms with Crippen LogP contribution in [0.5, 0.6) is 0 Å². The number of aromatic amines is 1. The first-order valence-electron chi connectivity index (χ1n) is 6.91. The molecule has 0 aliphatic rings. The molecule has 0 unspecified atom stereocenters. The Morgan fingerprint density at radius 1 is 0.955 bits per heavy atom. The second kappa shape index (κ2) is 4.96. The van der Waals surface area contributed by atoms with Crippen molar-refractivity contribution in [3.8, 4) is 0 Å². The molecule has 22 heavy (non-hydrogen) atoms. The number of fused-ring (bicyclic) bond motifs is 3. The highest BCUT2D eigenvalue weighted by Gasteiger charge is 2.16. The van der Waals surface area contributed by atoms with Crippen LogP contribution in [-0.2, 0) is 0 Å². The van der Waals surface area contributed by atoms with Gasteiger partial charge in [-0.1, -0.05) is 36.4 Å². The van der Waals surface area contributed by atoms with E-state index in [0.29, 0.717) is 11.3 Å². The summed E-state index contributed by atoms with van der Waals surface area (Å²) in [6, 6.07) is 17.1. The number of amides is 1. The van der Waals surface area contributed by atoms with E-state index in [1.54, 1.807) is 0 Å². The van der Waals surface area contributed by atoms with E-state index >= 15 is 0 Å². The quantitative estimate of drug-likeness (QED) is 0.594. The van der Waals surface area contributed by atoms with Crippen molar-refractivity contribution in [3.63, 3.8) is 0 Å². The number of hydrogen-bond donors (Lipinski definition) is 2. The Hall–Kier alpha value is -3.21. The Labute approximate surface area is 126 Å². The average molecular weight is 288 g/mol. The minimum atomic E-state index is -0.247. The lowest BCUT2D eigenvalue weighted by Crippen LogP contribution is -2.14. The van der Waals surface area contributed by atoms with Crippen LogP contribution in [0.3, 0.4) is 0 Å². The van der Waals surface area contributed by atoms with Crippen molar-refractivity contribution in [2.45, 2.75) is 0 Å². The van der Waals surface area contributed by atoms with Crippen molar-refractivity contribution in [1.29, 1.82) is 0 Å². The Morgan fingerprint density at radius 2 is 1.73 bits per heavy atom. The summed E-state index contributed by atoms with van der Waals surface area (Å²) < 4.78 is 0. The van der Waals surface area contributed by atoms with Gasteiger partial charge in [0.1, 0.15) is 17.7 Å². The Balaban J connectivity index is 1.86. The molecule has 5 nitrogen and oxygen atoms in total. The molecule has 2 aromatic heterocycles. The van der Waals surface area contributed by atoms with E-state index in [2.05, 4.69) is 20.3 Å². The van der Waals surface area contributed by atoms with Crippen LogP contribution in [0.4, 0.5) is 5.69 Å². The van der Waals surface area contributed by atoms with Gasteiger partial charge in [0.25, 0.3) is 5.91 Å². The molecule has 0 fully saturated rings. The van der Waals surface area contributed by atoms with E-state index in [0.717, 1.165) is 22.0 Å². The number of benzene rings is 2. The van der Waals surface area contributed by atoms with Gasteiger partial charge in [-0.3, -0.25) is 4.79 Å². The van der Waals surface area contributed by atoms with Crippen LogP contribution >= 0.6 is 0 Å². The van der Waals surface area contributed by atoms with Crippen molar-refractivity contribution >= 4 is 33.5 Å². The molecule has 0 aliphatic carbocycles. The zero-order valence-corrected chi connectivity index (χ0v) is 11.6. The van der Waals surface area contributed by atoms with Crippen LogP contribution in [0.1, 0.15) is 10.5 Å². The van der Waals surface area contributed by atoms with Crippen LogP contribution in [0, 0.1) is 0 Å². The van der Waals surface area contributed by atoms with Crippen LogP contribution < -0.4 is 5.32 Å². The highest BCUT2D eigenvalue weighted by Crippen LogP contribution is 2.26. The molecule has 2 aromatic carbocycles. The smallest absolute Gasteiger partial charge is 0.275 e. The molecule has 2 N–H and O–H groups in total. The van der Waals surface area contributed by atoms with Crippen molar-refractivity contribution in [1.82, 2.24) is 15.0 Å². The summed E-state index contributed by atoms with van der Waals surface area (Å²) in [5.41, 5.74) is 2.70. The average Bonchev–Trinajstić information content (AvgIpc) is 2.94. The fourth-order valence-corrected chi connectivity index (χ4v) is 2.56. The van der Waals surface area contributed by atoms with Gasteiger partial charge in [-0.05, 0) is 18.2 Å². The zero-order chi connectivity index (χ0) is 14.9. The van der Waals surface area contributed by atoms with Gasteiger partial charge in [0.05, 0.1) is 5.39 Å². The summed E-state index contributed by atoms with van der Waals surface area (Å²) in [6.07, 6.45) is 1.40. The lowest BCUT2D eigenvalue weighted by Gasteiger charge is -2.05. The molecule has 4 rings (SSSR count). The fourth-order valence-electron chi connectivity index (χ4n) is 2.56. The SMILES string of the molecule is O=C(Nc1ccccc1)c1ncnc2[nH]c3ccccc3c12. The molecule has 106 valence electrons. The summed E-state index contributed by atoms with van der Waals surface area (Å²) in [6.45, 7) is 0. The van der Waals surface area contributed by atoms with Crippen LogP contribution in [0.25, 0.3) is 21.9 Å². The number of rotatable bonds is 2. The Bertz CT molecular complexity index is 976. The molecule has 4 aromatic rings. The third-order valence-corrected chi connectivity index (χ3v) is 3.54. The molecular weight excluding hydrogens is 276 g/mol. The summed E-state index contributed by atoms with van der Waals surface area (Å²) in [5.74, 6) is -0.247. The summed E-state index contributed by atoms with van der Waals surface area (Å²) in [4.78, 5) is 24.2. The van der Waals surface area contributed by atoms with Gasteiger partial charge >= 0.3 is 0 Å². The molecular formula is C17H12N4O. The second-order valence-corrected chi connectivity index (χ2v) is 4.94.